The standard InChI is InChI=1S/C11H14N2O2/c1-15-5-4-13-7-8-6-9(12)2-3-10(8)11(13)14/h2-3,6H,4-5,7,12H2,1H3. The minimum absolute atomic E-state index is 0.0713. The van der Waals surface area contributed by atoms with E-state index in [2.05, 4.69) is 0 Å². The van der Waals surface area contributed by atoms with Gasteiger partial charge in [-0.1, -0.05) is 0 Å². The number of anilines is 1. The highest BCUT2D eigenvalue weighted by atomic mass is 16.5. The molecule has 1 aromatic carbocycles. The number of rotatable bonds is 3. The topological polar surface area (TPSA) is 55.6 Å². The zero-order chi connectivity index (χ0) is 10.8. The SMILES string of the molecule is COCCN1Cc2cc(N)ccc2C1=O. The van der Waals surface area contributed by atoms with Crippen molar-refractivity contribution >= 4 is 11.6 Å². The van der Waals surface area contributed by atoms with Gasteiger partial charge in [-0.05, 0) is 23.8 Å². The number of nitrogen functional groups attached to an aromatic ring is 1. The van der Waals surface area contributed by atoms with Gasteiger partial charge in [0, 0.05) is 31.5 Å². The molecule has 0 spiro atoms. The first-order valence-corrected chi connectivity index (χ1v) is 4.89. The summed E-state index contributed by atoms with van der Waals surface area (Å²) in [6.45, 7) is 1.84. The highest BCUT2D eigenvalue weighted by Crippen LogP contribution is 2.24. The number of carbonyl (C=O) groups is 1. The van der Waals surface area contributed by atoms with Crippen LogP contribution < -0.4 is 5.73 Å². The van der Waals surface area contributed by atoms with Crippen LogP contribution in [0.25, 0.3) is 0 Å². The molecular weight excluding hydrogens is 192 g/mol. The summed E-state index contributed by atoms with van der Waals surface area (Å²) >= 11 is 0. The van der Waals surface area contributed by atoms with Crippen LogP contribution in [0.3, 0.4) is 0 Å². The van der Waals surface area contributed by atoms with Gasteiger partial charge in [-0.25, -0.2) is 0 Å². The second-order valence-corrected chi connectivity index (χ2v) is 3.64. The number of amides is 1. The average Bonchev–Trinajstić information content (AvgIpc) is 2.52. The summed E-state index contributed by atoms with van der Waals surface area (Å²) in [5, 5.41) is 0. The Morgan fingerprint density at radius 1 is 1.53 bits per heavy atom. The molecule has 0 saturated carbocycles. The molecule has 4 nitrogen and oxygen atoms in total. The normalized spacial score (nSPS) is 14.5. The van der Waals surface area contributed by atoms with Gasteiger partial charge in [0.2, 0.25) is 0 Å². The van der Waals surface area contributed by atoms with Crippen LogP contribution in [0.2, 0.25) is 0 Å². The number of nitrogens with zero attached hydrogens (tertiary/aromatic N) is 1. The van der Waals surface area contributed by atoms with Gasteiger partial charge >= 0.3 is 0 Å². The molecule has 0 radical (unpaired) electrons. The molecule has 0 unspecified atom stereocenters. The Labute approximate surface area is 88.6 Å². The molecule has 1 heterocycles. The largest absolute Gasteiger partial charge is 0.399 e. The van der Waals surface area contributed by atoms with Crippen molar-refractivity contribution in [2.75, 3.05) is 26.0 Å². The Morgan fingerprint density at radius 3 is 3.07 bits per heavy atom. The van der Waals surface area contributed by atoms with Crippen LogP contribution in [0.15, 0.2) is 18.2 Å². The fraction of sp³-hybridized carbons (Fsp3) is 0.364. The van der Waals surface area contributed by atoms with Gasteiger partial charge in [-0.2, -0.15) is 0 Å². The number of ether oxygens (including phenoxy) is 1. The average molecular weight is 206 g/mol. The Hall–Kier alpha value is -1.55. The third-order valence-corrected chi connectivity index (χ3v) is 2.57. The Kier molecular flexibility index (Phi) is 2.60. The van der Waals surface area contributed by atoms with Crippen molar-refractivity contribution in [3.63, 3.8) is 0 Å². The van der Waals surface area contributed by atoms with Crippen molar-refractivity contribution < 1.29 is 9.53 Å². The number of carbonyl (C=O) groups excluding carboxylic acids is 1. The molecule has 0 aromatic heterocycles. The van der Waals surface area contributed by atoms with Gasteiger partial charge in [0.15, 0.2) is 0 Å². The molecule has 2 rings (SSSR count). The van der Waals surface area contributed by atoms with Crippen LogP contribution in [0.1, 0.15) is 15.9 Å². The highest BCUT2D eigenvalue weighted by molar-refractivity contribution is 5.98. The quantitative estimate of drug-likeness (QED) is 0.747. The predicted molar refractivity (Wildman–Crippen MR) is 57.5 cm³/mol. The van der Waals surface area contributed by atoms with Crippen molar-refractivity contribution in [3.05, 3.63) is 29.3 Å². The zero-order valence-corrected chi connectivity index (χ0v) is 8.69. The van der Waals surface area contributed by atoms with Crippen LogP contribution in [-0.4, -0.2) is 31.1 Å². The first-order valence-electron chi connectivity index (χ1n) is 4.89. The number of methoxy groups -OCH3 is 1. The van der Waals surface area contributed by atoms with Gasteiger partial charge in [-0.3, -0.25) is 4.79 Å². The van der Waals surface area contributed by atoms with E-state index >= 15 is 0 Å². The monoisotopic (exact) mass is 206 g/mol. The molecule has 2 N–H and O–H groups in total. The lowest BCUT2D eigenvalue weighted by atomic mass is 10.1. The molecule has 1 amide bonds. The van der Waals surface area contributed by atoms with Gasteiger partial charge < -0.3 is 15.4 Å². The molecule has 0 fully saturated rings. The van der Waals surface area contributed by atoms with E-state index in [0.29, 0.717) is 25.4 Å². The molecular formula is C11H14N2O2. The maximum absolute atomic E-state index is 11.8. The predicted octanol–water partition coefficient (Wildman–Crippen LogP) is 0.871. The van der Waals surface area contributed by atoms with E-state index in [9.17, 15) is 4.79 Å². The van der Waals surface area contributed by atoms with Gasteiger partial charge in [-0.15, -0.1) is 0 Å². The Balaban J connectivity index is 2.18. The summed E-state index contributed by atoms with van der Waals surface area (Å²) in [4.78, 5) is 13.6. The second kappa shape index (κ2) is 3.90. The minimum atomic E-state index is 0.0713. The van der Waals surface area contributed by atoms with Crippen LogP contribution in [0.4, 0.5) is 5.69 Å². The Bertz CT molecular complexity index is 390. The maximum Gasteiger partial charge on any atom is 0.254 e. The molecule has 1 aliphatic heterocycles. The number of nitrogens with two attached hydrogens (primary N) is 1. The number of hydrogen-bond acceptors (Lipinski definition) is 3. The lowest BCUT2D eigenvalue weighted by Gasteiger charge is -2.14. The molecule has 0 bridgehead atoms. The number of benzene rings is 1. The van der Waals surface area contributed by atoms with E-state index in [1.165, 1.54) is 0 Å². The molecule has 1 aromatic rings. The van der Waals surface area contributed by atoms with Gasteiger partial charge in [0.25, 0.3) is 5.91 Å². The minimum Gasteiger partial charge on any atom is -0.399 e. The van der Waals surface area contributed by atoms with Crippen LogP contribution in [-0.2, 0) is 11.3 Å². The summed E-state index contributed by atoms with van der Waals surface area (Å²) in [5.41, 5.74) is 8.15. The van der Waals surface area contributed by atoms with Gasteiger partial charge in [0.1, 0.15) is 0 Å². The lowest BCUT2D eigenvalue weighted by molar-refractivity contribution is 0.0719. The smallest absolute Gasteiger partial charge is 0.254 e. The van der Waals surface area contributed by atoms with Crippen LogP contribution >= 0.6 is 0 Å². The molecule has 80 valence electrons. The summed E-state index contributed by atoms with van der Waals surface area (Å²) in [7, 11) is 1.63. The van der Waals surface area contributed by atoms with E-state index in [1.54, 1.807) is 24.1 Å². The lowest BCUT2D eigenvalue weighted by Crippen LogP contribution is -2.27. The van der Waals surface area contributed by atoms with Crippen molar-refractivity contribution in [2.45, 2.75) is 6.54 Å². The molecule has 1 aliphatic rings. The van der Waals surface area contributed by atoms with Crippen molar-refractivity contribution in [1.82, 2.24) is 4.90 Å². The molecule has 0 saturated heterocycles. The number of fused-ring (bicyclic) bond motifs is 1. The first kappa shape index (κ1) is 9.98. The van der Waals surface area contributed by atoms with Crippen LogP contribution in [0, 0.1) is 0 Å². The third kappa shape index (κ3) is 1.80. The number of hydrogen-bond donors (Lipinski definition) is 1. The van der Waals surface area contributed by atoms with E-state index < -0.39 is 0 Å². The molecule has 15 heavy (non-hydrogen) atoms. The Morgan fingerprint density at radius 2 is 2.33 bits per heavy atom. The maximum atomic E-state index is 11.8. The van der Waals surface area contributed by atoms with Crippen molar-refractivity contribution in [2.24, 2.45) is 0 Å². The van der Waals surface area contributed by atoms with Crippen molar-refractivity contribution in [1.29, 1.82) is 0 Å². The summed E-state index contributed by atoms with van der Waals surface area (Å²) < 4.78 is 4.96. The van der Waals surface area contributed by atoms with E-state index in [0.717, 1.165) is 11.1 Å². The summed E-state index contributed by atoms with van der Waals surface area (Å²) in [5.74, 6) is 0.0713. The molecule has 0 aliphatic carbocycles. The highest BCUT2D eigenvalue weighted by Gasteiger charge is 2.26. The van der Waals surface area contributed by atoms with E-state index in [-0.39, 0.29) is 5.91 Å². The van der Waals surface area contributed by atoms with E-state index in [1.807, 2.05) is 6.07 Å². The summed E-state index contributed by atoms with van der Waals surface area (Å²) in [6, 6.07) is 5.41. The fourth-order valence-electron chi connectivity index (χ4n) is 1.78. The van der Waals surface area contributed by atoms with Crippen molar-refractivity contribution in [3.8, 4) is 0 Å². The summed E-state index contributed by atoms with van der Waals surface area (Å²) in [6.07, 6.45) is 0. The van der Waals surface area contributed by atoms with Crippen LogP contribution in [0.5, 0.6) is 0 Å². The third-order valence-electron chi connectivity index (χ3n) is 2.57. The molecule has 0 atom stereocenters. The zero-order valence-electron chi connectivity index (χ0n) is 8.69. The van der Waals surface area contributed by atoms with Gasteiger partial charge in [0.05, 0.1) is 6.61 Å². The van der Waals surface area contributed by atoms with E-state index in [4.69, 9.17) is 10.5 Å². The second-order valence-electron chi connectivity index (χ2n) is 3.64. The fourth-order valence-corrected chi connectivity index (χ4v) is 1.78. The molecule has 4 heteroatoms. The first-order chi connectivity index (χ1) is 7.22.